The second-order valence-corrected chi connectivity index (χ2v) is 7.32. The van der Waals surface area contributed by atoms with Gasteiger partial charge in [-0.3, -0.25) is 4.79 Å². The highest BCUT2D eigenvalue weighted by molar-refractivity contribution is 7.09. The van der Waals surface area contributed by atoms with Crippen LogP contribution in [0.15, 0.2) is 41.9 Å². The van der Waals surface area contributed by atoms with Crippen molar-refractivity contribution in [1.29, 1.82) is 0 Å². The van der Waals surface area contributed by atoms with Crippen LogP contribution in [0.25, 0.3) is 10.9 Å². The van der Waals surface area contributed by atoms with E-state index in [1.165, 1.54) is 17.5 Å². The topological polar surface area (TPSA) is 49.0 Å². The fourth-order valence-corrected chi connectivity index (χ4v) is 4.18. The quantitative estimate of drug-likeness (QED) is 0.770. The molecule has 1 N–H and O–H groups in total. The minimum absolute atomic E-state index is 0.176. The van der Waals surface area contributed by atoms with E-state index in [1.54, 1.807) is 17.5 Å². The monoisotopic (exact) mass is 339 g/mol. The molecule has 0 spiro atoms. The number of nitrogens with one attached hydrogen (secondary N) is 1. The van der Waals surface area contributed by atoms with Gasteiger partial charge >= 0.3 is 0 Å². The Kier molecular flexibility index (Phi) is 4.34. The largest absolute Gasteiger partial charge is 0.357 e. The maximum atomic E-state index is 12.8. The van der Waals surface area contributed by atoms with Gasteiger partial charge in [0.2, 0.25) is 5.91 Å². The molecule has 3 heterocycles. The van der Waals surface area contributed by atoms with E-state index in [0.29, 0.717) is 6.42 Å². The molecule has 1 aromatic carbocycles. The molecule has 0 aliphatic carbocycles. The zero-order valence-corrected chi connectivity index (χ0v) is 14.4. The minimum atomic E-state index is 0.176. The van der Waals surface area contributed by atoms with Gasteiger partial charge in [-0.15, -0.1) is 11.3 Å². The third kappa shape index (κ3) is 3.08. The first-order valence-electron chi connectivity index (χ1n) is 8.57. The van der Waals surface area contributed by atoms with Crippen LogP contribution < -0.4 is 0 Å². The van der Waals surface area contributed by atoms with Gasteiger partial charge in [0.1, 0.15) is 0 Å². The Balaban J connectivity index is 1.52. The van der Waals surface area contributed by atoms with Gasteiger partial charge in [-0.1, -0.05) is 18.2 Å². The summed E-state index contributed by atoms with van der Waals surface area (Å²) in [5.41, 5.74) is 2.31. The van der Waals surface area contributed by atoms with Gasteiger partial charge in [0.25, 0.3) is 0 Å². The number of amides is 1. The average molecular weight is 339 g/mol. The van der Waals surface area contributed by atoms with Crippen molar-refractivity contribution in [1.82, 2.24) is 14.9 Å². The second kappa shape index (κ2) is 6.77. The number of carbonyl (C=O) groups excluding carboxylic acids is 1. The number of rotatable bonds is 4. The number of fused-ring (bicyclic) bond motifs is 1. The summed E-state index contributed by atoms with van der Waals surface area (Å²) in [5, 5.41) is 4.23. The normalized spacial score (nSPS) is 18.2. The van der Waals surface area contributed by atoms with Gasteiger partial charge in [-0.2, -0.15) is 0 Å². The smallest absolute Gasteiger partial charge is 0.223 e. The number of carbonyl (C=O) groups is 1. The number of H-pyrrole nitrogens is 1. The highest BCUT2D eigenvalue weighted by atomic mass is 32.1. The summed E-state index contributed by atoms with van der Waals surface area (Å²) in [6.45, 7) is 0.858. The van der Waals surface area contributed by atoms with Crippen molar-refractivity contribution >= 4 is 28.1 Å². The van der Waals surface area contributed by atoms with Crippen LogP contribution in [-0.4, -0.2) is 27.3 Å². The van der Waals surface area contributed by atoms with Gasteiger partial charge in [0.15, 0.2) is 0 Å². The highest BCUT2D eigenvalue weighted by Gasteiger charge is 2.28. The number of aromatic amines is 1. The molecule has 1 saturated heterocycles. The molecule has 5 heteroatoms. The number of aryl methyl sites for hydroxylation is 1. The number of thiazole rings is 1. The Hall–Kier alpha value is -2.14. The molecular formula is C19H21N3OS. The zero-order valence-electron chi connectivity index (χ0n) is 13.6. The number of piperidine rings is 1. The number of hydrogen-bond acceptors (Lipinski definition) is 3. The molecular weight excluding hydrogens is 318 g/mol. The van der Waals surface area contributed by atoms with Gasteiger partial charge in [-0.05, 0) is 36.8 Å². The third-order valence-corrected chi connectivity index (χ3v) is 5.61. The summed E-state index contributed by atoms with van der Waals surface area (Å²) in [6.07, 6.45) is 6.40. The van der Waals surface area contributed by atoms with Crippen molar-refractivity contribution in [2.75, 3.05) is 6.54 Å². The number of para-hydroxylation sites is 1. The standard InChI is InChI=1S/C19H21N3OS/c23-19(9-8-18-20-10-12-24-18)22-11-4-3-7-17(22)16-13-14-5-1-2-6-15(14)21-16/h1-2,5-6,10,12-13,17,21H,3-4,7-9,11H2/t17-/m1/s1. The Labute approximate surface area is 145 Å². The fraction of sp³-hybridized carbons (Fsp3) is 0.368. The molecule has 0 saturated carbocycles. The first-order valence-corrected chi connectivity index (χ1v) is 9.45. The number of aromatic nitrogens is 2. The molecule has 2 aromatic heterocycles. The number of likely N-dealkylation sites (tertiary alicyclic amines) is 1. The minimum Gasteiger partial charge on any atom is -0.357 e. The molecule has 24 heavy (non-hydrogen) atoms. The van der Waals surface area contributed by atoms with E-state index in [1.807, 2.05) is 11.4 Å². The predicted octanol–water partition coefficient (Wildman–Crippen LogP) is 4.31. The van der Waals surface area contributed by atoms with Crippen molar-refractivity contribution in [2.45, 2.75) is 38.1 Å². The van der Waals surface area contributed by atoms with Crippen LogP contribution in [0, 0.1) is 0 Å². The number of benzene rings is 1. The van der Waals surface area contributed by atoms with Gasteiger partial charge < -0.3 is 9.88 Å². The molecule has 1 aliphatic rings. The van der Waals surface area contributed by atoms with Crippen LogP contribution in [0.3, 0.4) is 0 Å². The van der Waals surface area contributed by atoms with E-state index < -0.39 is 0 Å². The van der Waals surface area contributed by atoms with E-state index in [0.717, 1.165) is 36.3 Å². The molecule has 1 fully saturated rings. The molecule has 0 radical (unpaired) electrons. The van der Waals surface area contributed by atoms with Crippen molar-refractivity contribution in [3.05, 3.63) is 52.6 Å². The molecule has 124 valence electrons. The molecule has 3 aromatic rings. The highest BCUT2D eigenvalue weighted by Crippen LogP contribution is 2.32. The zero-order chi connectivity index (χ0) is 16.4. The first-order chi connectivity index (χ1) is 11.8. The summed E-state index contributed by atoms with van der Waals surface area (Å²) in [6, 6.07) is 10.7. The van der Waals surface area contributed by atoms with E-state index >= 15 is 0 Å². The van der Waals surface area contributed by atoms with Crippen molar-refractivity contribution in [3.8, 4) is 0 Å². The number of hydrogen-bond donors (Lipinski definition) is 1. The lowest BCUT2D eigenvalue weighted by Gasteiger charge is -2.35. The molecule has 0 bridgehead atoms. The summed E-state index contributed by atoms with van der Waals surface area (Å²) >= 11 is 1.62. The summed E-state index contributed by atoms with van der Waals surface area (Å²) in [5.74, 6) is 0.244. The molecule has 0 unspecified atom stereocenters. The van der Waals surface area contributed by atoms with Crippen molar-refractivity contribution < 1.29 is 4.79 Å². The Morgan fingerprint density at radius 1 is 1.33 bits per heavy atom. The van der Waals surface area contributed by atoms with Gasteiger partial charge in [-0.25, -0.2) is 4.98 Å². The van der Waals surface area contributed by atoms with Crippen LogP contribution in [0.4, 0.5) is 0 Å². The summed E-state index contributed by atoms with van der Waals surface area (Å²) in [4.78, 5) is 22.6. The Morgan fingerprint density at radius 3 is 3.08 bits per heavy atom. The first kappa shape index (κ1) is 15.4. The predicted molar refractivity (Wildman–Crippen MR) is 97.0 cm³/mol. The van der Waals surface area contributed by atoms with E-state index in [9.17, 15) is 4.79 Å². The SMILES string of the molecule is O=C(CCc1nccs1)N1CCCC[C@@H]1c1cc2ccccc2[nH]1. The second-order valence-electron chi connectivity index (χ2n) is 6.34. The van der Waals surface area contributed by atoms with Crippen molar-refractivity contribution in [2.24, 2.45) is 0 Å². The van der Waals surface area contributed by atoms with Crippen LogP contribution in [-0.2, 0) is 11.2 Å². The molecule has 1 aliphatic heterocycles. The number of nitrogens with zero attached hydrogens (tertiary/aromatic N) is 2. The fourth-order valence-electron chi connectivity index (χ4n) is 3.56. The Morgan fingerprint density at radius 2 is 2.25 bits per heavy atom. The Bertz CT molecular complexity index is 791. The van der Waals surface area contributed by atoms with E-state index in [-0.39, 0.29) is 11.9 Å². The van der Waals surface area contributed by atoms with Gasteiger partial charge in [0.05, 0.1) is 11.0 Å². The lowest BCUT2D eigenvalue weighted by molar-refractivity contribution is -0.135. The van der Waals surface area contributed by atoms with Gasteiger partial charge in [0, 0.05) is 42.2 Å². The van der Waals surface area contributed by atoms with Crippen LogP contribution >= 0.6 is 11.3 Å². The van der Waals surface area contributed by atoms with Crippen LogP contribution in [0.1, 0.15) is 42.4 Å². The van der Waals surface area contributed by atoms with Crippen molar-refractivity contribution in [3.63, 3.8) is 0 Å². The maximum Gasteiger partial charge on any atom is 0.223 e. The summed E-state index contributed by atoms with van der Waals surface area (Å²) in [7, 11) is 0. The molecule has 1 amide bonds. The molecule has 4 rings (SSSR count). The average Bonchev–Trinajstić information content (AvgIpc) is 3.29. The lowest BCUT2D eigenvalue weighted by atomic mass is 9.98. The van der Waals surface area contributed by atoms with E-state index in [2.05, 4.69) is 39.1 Å². The molecule has 1 atom stereocenters. The van der Waals surface area contributed by atoms with Crippen LogP contribution in [0.5, 0.6) is 0 Å². The van der Waals surface area contributed by atoms with Crippen LogP contribution in [0.2, 0.25) is 0 Å². The van der Waals surface area contributed by atoms with E-state index in [4.69, 9.17) is 0 Å². The summed E-state index contributed by atoms with van der Waals surface area (Å²) < 4.78 is 0. The lowest BCUT2D eigenvalue weighted by Crippen LogP contribution is -2.38. The third-order valence-electron chi connectivity index (χ3n) is 4.77. The molecule has 4 nitrogen and oxygen atoms in total. The maximum absolute atomic E-state index is 12.8.